The van der Waals surface area contributed by atoms with Gasteiger partial charge in [0.05, 0.1) is 18.2 Å². The minimum atomic E-state index is -0.155. The molecular weight excluding hydrogens is 242 g/mol. The van der Waals surface area contributed by atoms with Gasteiger partial charge in [-0.3, -0.25) is 4.79 Å². The van der Waals surface area contributed by atoms with Crippen molar-refractivity contribution in [2.75, 3.05) is 7.05 Å². The van der Waals surface area contributed by atoms with Gasteiger partial charge < -0.3 is 9.42 Å². The van der Waals surface area contributed by atoms with Crippen molar-refractivity contribution in [2.45, 2.75) is 13.5 Å². The fraction of sp³-hybridized carbons (Fsp3) is 0.214. The molecule has 0 radical (unpaired) electrons. The number of benzene rings is 1. The van der Waals surface area contributed by atoms with Crippen molar-refractivity contribution in [3.05, 3.63) is 52.9 Å². The Morgan fingerprint density at radius 2 is 2.26 bits per heavy atom. The molecule has 0 aliphatic rings. The molecule has 0 saturated heterocycles. The van der Waals surface area contributed by atoms with Crippen LogP contribution in [0.4, 0.5) is 0 Å². The summed E-state index contributed by atoms with van der Waals surface area (Å²) in [5.41, 5.74) is 1.66. The van der Waals surface area contributed by atoms with E-state index in [0.717, 1.165) is 0 Å². The van der Waals surface area contributed by atoms with Gasteiger partial charge in [0.2, 0.25) is 0 Å². The Hall–Kier alpha value is -2.61. The zero-order chi connectivity index (χ0) is 13.8. The van der Waals surface area contributed by atoms with Crippen LogP contribution in [-0.2, 0) is 6.54 Å². The van der Waals surface area contributed by atoms with E-state index in [-0.39, 0.29) is 5.91 Å². The summed E-state index contributed by atoms with van der Waals surface area (Å²) in [6.45, 7) is 2.17. The predicted molar refractivity (Wildman–Crippen MR) is 68.2 cm³/mol. The molecule has 2 rings (SSSR count). The molecule has 5 heteroatoms. The van der Waals surface area contributed by atoms with Gasteiger partial charge >= 0.3 is 0 Å². The van der Waals surface area contributed by atoms with Crippen molar-refractivity contribution in [3.8, 4) is 6.07 Å². The third-order valence-electron chi connectivity index (χ3n) is 2.66. The Kier molecular flexibility index (Phi) is 3.62. The van der Waals surface area contributed by atoms with Gasteiger partial charge in [0.1, 0.15) is 11.5 Å². The van der Waals surface area contributed by atoms with E-state index in [0.29, 0.717) is 29.1 Å². The highest BCUT2D eigenvalue weighted by Gasteiger charge is 2.14. The molecular formula is C14H13N3O2. The van der Waals surface area contributed by atoms with Gasteiger partial charge in [-0.1, -0.05) is 11.2 Å². The molecule has 0 saturated carbocycles. The van der Waals surface area contributed by atoms with Crippen LogP contribution in [0.3, 0.4) is 0 Å². The summed E-state index contributed by atoms with van der Waals surface area (Å²) in [6, 6.07) is 10.4. The zero-order valence-corrected chi connectivity index (χ0v) is 10.8. The Bertz CT molecular complexity index is 640. The van der Waals surface area contributed by atoms with Crippen LogP contribution in [0.1, 0.15) is 27.4 Å². The van der Waals surface area contributed by atoms with E-state index in [2.05, 4.69) is 5.16 Å². The van der Waals surface area contributed by atoms with Crippen molar-refractivity contribution in [3.63, 3.8) is 0 Å². The van der Waals surface area contributed by atoms with Gasteiger partial charge in [0.25, 0.3) is 5.91 Å². The second kappa shape index (κ2) is 5.36. The SMILES string of the molecule is Cc1cc(CN(C)C(=O)c2cccc(C#N)c2)no1. The summed E-state index contributed by atoms with van der Waals surface area (Å²) in [5.74, 6) is 0.556. The van der Waals surface area contributed by atoms with Crippen molar-refractivity contribution >= 4 is 5.91 Å². The Balaban J connectivity index is 2.12. The summed E-state index contributed by atoms with van der Waals surface area (Å²) in [5, 5.41) is 12.7. The van der Waals surface area contributed by atoms with Crippen LogP contribution in [0.25, 0.3) is 0 Å². The topological polar surface area (TPSA) is 70.1 Å². The fourth-order valence-corrected chi connectivity index (χ4v) is 1.75. The van der Waals surface area contributed by atoms with Gasteiger partial charge in [0.15, 0.2) is 0 Å². The van der Waals surface area contributed by atoms with Gasteiger partial charge in [-0.15, -0.1) is 0 Å². The molecule has 0 aliphatic heterocycles. The number of nitriles is 1. The van der Waals surface area contributed by atoms with E-state index < -0.39 is 0 Å². The highest BCUT2D eigenvalue weighted by atomic mass is 16.5. The van der Waals surface area contributed by atoms with E-state index in [1.165, 1.54) is 4.90 Å². The quantitative estimate of drug-likeness (QED) is 0.842. The van der Waals surface area contributed by atoms with Crippen LogP contribution >= 0.6 is 0 Å². The van der Waals surface area contributed by atoms with E-state index in [1.807, 2.05) is 6.07 Å². The van der Waals surface area contributed by atoms with Gasteiger partial charge in [-0.25, -0.2) is 0 Å². The number of nitrogens with zero attached hydrogens (tertiary/aromatic N) is 3. The molecule has 0 atom stereocenters. The second-order valence-corrected chi connectivity index (χ2v) is 4.28. The number of hydrogen-bond acceptors (Lipinski definition) is 4. The molecule has 1 heterocycles. The van der Waals surface area contributed by atoms with E-state index in [9.17, 15) is 4.79 Å². The van der Waals surface area contributed by atoms with Crippen LogP contribution < -0.4 is 0 Å². The molecule has 5 nitrogen and oxygen atoms in total. The number of carbonyl (C=O) groups is 1. The lowest BCUT2D eigenvalue weighted by molar-refractivity contribution is 0.0782. The fourth-order valence-electron chi connectivity index (χ4n) is 1.75. The third-order valence-corrected chi connectivity index (χ3v) is 2.66. The molecule has 1 amide bonds. The molecule has 0 bridgehead atoms. The molecule has 1 aromatic heterocycles. The lowest BCUT2D eigenvalue weighted by atomic mass is 10.1. The smallest absolute Gasteiger partial charge is 0.253 e. The van der Waals surface area contributed by atoms with Gasteiger partial charge in [-0.05, 0) is 25.1 Å². The highest BCUT2D eigenvalue weighted by molar-refractivity contribution is 5.94. The number of aryl methyl sites for hydroxylation is 1. The standard InChI is InChI=1S/C14H13N3O2/c1-10-6-13(16-19-10)9-17(2)14(18)12-5-3-4-11(7-12)8-15/h3-7H,9H2,1-2H3. The third kappa shape index (κ3) is 2.99. The molecule has 1 aromatic carbocycles. The first-order valence-corrected chi connectivity index (χ1v) is 5.78. The highest BCUT2D eigenvalue weighted by Crippen LogP contribution is 2.10. The Morgan fingerprint density at radius 3 is 2.89 bits per heavy atom. The lowest BCUT2D eigenvalue weighted by Gasteiger charge is -2.15. The average Bonchev–Trinajstić information content (AvgIpc) is 2.83. The Morgan fingerprint density at radius 1 is 1.47 bits per heavy atom. The number of hydrogen-bond donors (Lipinski definition) is 0. The first-order chi connectivity index (χ1) is 9.10. The largest absolute Gasteiger partial charge is 0.361 e. The minimum absolute atomic E-state index is 0.155. The summed E-state index contributed by atoms with van der Waals surface area (Å²) in [6.07, 6.45) is 0. The molecule has 0 N–H and O–H groups in total. The van der Waals surface area contributed by atoms with Crippen molar-refractivity contribution < 1.29 is 9.32 Å². The number of amides is 1. The summed E-state index contributed by atoms with van der Waals surface area (Å²) in [7, 11) is 1.69. The summed E-state index contributed by atoms with van der Waals surface area (Å²) in [4.78, 5) is 13.7. The van der Waals surface area contributed by atoms with Gasteiger partial charge in [0, 0.05) is 18.7 Å². The molecule has 0 fully saturated rings. The summed E-state index contributed by atoms with van der Waals surface area (Å²) < 4.78 is 4.96. The van der Waals surface area contributed by atoms with Crippen LogP contribution in [0.2, 0.25) is 0 Å². The number of rotatable bonds is 3. The van der Waals surface area contributed by atoms with Crippen molar-refractivity contribution in [2.24, 2.45) is 0 Å². The second-order valence-electron chi connectivity index (χ2n) is 4.28. The molecule has 19 heavy (non-hydrogen) atoms. The number of aromatic nitrogens is 1. The van der Waals surface area contributed by atoms with Gasteiger partial charge in [-0.2, -0.15) is 5.26 Å². The normalized spacial score (nSPS) is 9.95. The van der Waals surface area contributed by atoms with Crippen molar-refractivity contribution in [1.82, 2.24) is 10.1 Å². The zero-order valence-electron chi connectivity index (χ0n) is 10.8. The maximum absolute atomic E-state index is 12.2. The number of carbonyl (C=O) groups excluding carboxylic acids is 1. The lowest BCUT2D eigenvalue weighted by Crippen LogP contribution is -2.26. The first-order valence-electron chi connectivity index (χ1n) is 5.78. The first kappa shape index (κ1) is 12.8. The molecule has 0 aliphatic carbocycles. The summed E-state index contributed by atoms with van der Waals surface area (Å²) >= 11 is 0. The monoisotopic (exact) mass is 255 g/mol. The van der Waals surface area contributed by atoms with Crippen LogP contribution in [0.5, 0.6) is 0 Å². The van der Waals surface area contributed by atoms with Crippen LogP contribution in [-0.4, -0.2) is 23.0 Å². The van der Waals surface area contributed by atoms with Crippen LogP contribution in [0.15, 0.2) is 34.9 Å². The van der Waals surface area contributed by atoms with Crippen LogP contribution in [0, 0.1) is 18.3 Å². The average molecular weight is 255 g/mol. The van der Waals surface area contributed by atoms with Crippen molar-refractivity contribution in [1.29, 1.82) is 5.26 Å². The maximum Gasteiger partial charge on any atom is 0.253 e. The minimum Gasteiger partial charge on any atom is -0.361 e. The molecule has 2 aromatic rings. The predicted octanol–water partition coefficient (Wildman–Crippen LogP) is 2.13. The Labute approximate surface area is 111 Å². The molecule has 0 unspecified atom stereocenters. The molecule has 96 valence electrons. The molecule has 0 spiro atoms. The maximum atomic E-state index is 12.2. The van der Waals surface area contributed by atoms with E-state index in [1.54, 1.807) is 44.3 Å². The van der Waals surface area contributed by atoms with E-state index >= 15 is 0 Å². The van der Waals surface area contributed by atoms with E-state index in [4.69, 9.17) is 9.78 Å².